The number of aromatic amines is 1. The number of rotatable bonds is 3. The van der Waals surface area contributed by atoms with Gasteiger partial charge in [0.05, 0.1) is 6.10 Å². The number of aromatic nitrogens is 1. The SMILES string of the molecule is O=C(NCC1CCCC(O)C1)c1cccc2[nH]ccc12. The van der Waals surface area contributed by atoms with Crippen LogP contribution in [0.2, 0.25) is 0 Å². The molecular formula is C16H20N2O2. The van der Waals surface area contributed by atoms with Crippen molar-refractivity contribution in [3.05, 3.63) is 36.0 Å². The molecule has 1 amide bonds. The number of H-pyrrole nitrogens is 1. The molecule has 1 aromatic heterocycles. The van der Waals surface area contributed by atoms with Crippen LogP contribution in [0, 0.1) is 5.92 Å². The zero-order chi connectivity index (χ0) is 13.9. The highest BCUT2D eigenvalue weighted by molar-refractivity contribution is 6.06. The van der Waals surface area contributed by atoms with Crippen molar-refractivity contribution in [1.29, 1.82) is 0 Å². The maximum atomic E-state index is 12.3. The second-order valence-electron chi connectivity index (χ2n) is 5.64. The van der Waals surface area contributed by atoms with Gasteiger partial charge < -0.3 is 15.4 Å². The fraction of sp³-hybridized carbons (Fsp3) is 0.438. The number of hydrogen-bond acceptors (Lipinski definition) is 2. The number of hydrogen-bond donors (Lipinski definition) is 3. The molecule has 0 saturated heterocycles. The van der Waals surface area contributed by atoms with E-state index in [1.807, 2.05) is 30.5 Å². The van der Waals surface area contributed by atoms with E-state index in [0.29, 0.717) is 18.0 Å². The summed E-state index contributed by atoms with van der Waals surface area (Å²) in [6.07, 6.45) is 5.49. The number of carbonyl (C=O) groups is 1. The summed E-state index contributed by atoms with van der Waals surface area (Å²) < 4.78 is 0. The Hall–Kier alpha value is -1.81. The normalized spacial score (nSPS) is 22.9. The average Bonchev–Trinajstić information content (AvgIpc) is 2.93. The van der Waals surface area contributed by atoms with Crippen molar-refractivity contribution in [3.8, 4) is 0 Å². The monoisotopic (exact) mass is 272 g/mol. The predicted octanol–water partition coefficient (Wildman–Crippen LogP) is 2.45. The Labute approximate surface area is 118 Å². The molecule has 0 spiro atoms. The fourth-order valence-corrected chi connectivity index (χ4v) is 3.06. The maximum Gasteiger partial charge on any atom is 0.251 e. The first-order chi connectivity index (χ1) is 9.74. The van der Waals surface area contributed by atoms with Gasteiger partial charge in [0, 0.05) is 29.2 Å². The second-order valence-corrected chi connectivity index (χ2v) is 5.64. The lowest BCUT2D eigenvalue weighted by molar-refractivity contribution is 0.0875. The predicted molar refractivity (Wildman–Crippen MR) is 78.6 cm³/mol. The largest absolute Gasteiger partial charge is 0.393 e. The van der Waals surface area contributed by atoms with Gasteiger partial charge in [-0.15, -0.1) is 0 Å². The Bertz CT molecular complexity index is 605. The first-order valence-corrected chi connectivity index (χ1v) is 7.26. The lowest BCUT2D eigenvalue weighted by atomic mass is 9.87. The van der Waals surface area contributed by atoms with Gasteiger partial charge in [-0.1, -0.05) is 12.5 Å². The van der Waals surface area contributed by atoms with Crippen LogP contribution in [-0.2, 0) is 0 Å². The molecule has 3 rings (SSSR count). The summed E-state index contributed by atoms with van der Waals surface area (Å²) in [6, 6.07) is 7.62. The summed E-state index contributed by atoms with van der Waals surface area (Å²) in [5.41, 5.74) is 1.69. The van der Waals surface area contributed by atoms with Gasteiger partial charge in [0.15, 0.2) is 0 Å². The van der Waals surface area contributed by atoms with E-state index in [1.165, 1.54) is 0 Å². The van der Waals surface area contributed by atoms with E-state index in [-0.39, 0.29) is 12.0 Å². The van der Waals surface area contributed by atoms with Gasteiger partial charge in [0.25, 0.3) is 5.91 Å². The van der Waals surface area contributed by atoms with Crippen LogP contribution in [0.1, 0.15) is 36.0 Å². The van der Waals surface area contributed by atoms with Gasteiger partial charge in [-0.25, -0.2) is 0 Å². The molecule has 1 fully saturated rings. The highest BCUT2D eigenvalue weighted by atomic mass is 16.3. The first kappa shape index (κ1) is 13.2. The number of benzene rings is 1. The van der Waals surface area contributed by atoms with Crippen LogP contribution in [0.15, 0.2) is 30.5 Å². The Balaban J connectivity index is 1.66. The molecule has 20 heavy (non-hydrogen) atoms. The lowest BCUT2D eigenvalue weighted by Gasteiger charge is -2.25. The quantitative estimate of drug-likeness (QED) is 0.803. The topological polar surface area (TPSA) is 65.1 Å². The molecule has 4 nitrogen and oxygen atoms in total. The number of fused-ring (bicyclic) bond motifs is 1. The third-order valence-electron chi connectivity index (χ3n) is 4.15. The van der Waals surface area contributed by atoms with Gasteiger partial charge in [0.1, 0.15) is 0 Å². The molecule has 1 aliphatic carbocycles. The summed E-state index contributed by atoms with van der Waals surface area (Å²) in [5, 5.41) is 13.6. The van der Waals surface area contributed by atoms with Crippen molar-refractivity contribution >= 4 is 16.8 Å². The third kappa shape index (κ3) is 2.70. The van der Waals surface area contributed by atoms with Crippen molar-refractivity contribution < 1.29 is 9.90 Å². The molecular weight excluding hydrogens is 252 g/mol. The molecule has 2 atom stereocenters. The van der Waals surface area contributed by atoms with Crippen molar-refractivity contribution in [2.24, 2.45) is 5.92 Å². The van der Waals surface area contributed by atoms with E-state index in [2.05, 4.69) is 10.3 Å². The summed E-state index contributed by atoms with van der Waals surface area (Å²) in [4.78, 5) is 15.4. The Kier molecular flexibility index (Phi) is 3.74. The van der Waals surface area contributed by atoms with Crippen LogP contribution in [0.25, 0.3) is 10.9 Å². The maximum absolute atomic E-state index is 12.3. The molecule has 2 unspecified atom stereocenters. The van der Waals surface area contributed by atoms with Crippen molar-refractivity contribution in [3.63, 3.8) is 0 Å². The fourth-order valence-electron chi connectivity index (χ4n) is 3.06. The molecule has 1 heterocycles. The third-order valence-corrected chi connectivity index (χ3v) is 4.15. The van der Waals surface area contributed by atoms with E-state index in [4.69, 9.17) is 0 Å². The number of amides is 1. The smallest absolute Gasteiger partial charge is 0.251 e. The zero-order valence-electron chi connectivity index (χ0n) is 11.4. The summed E-state index contributed by atoms with van der Waals surface area (Å²) in [5.74, 6) is 0.364. The number of aliphatic hydroxyl groups excluding tert-OH is 1. The average molecular weight is 272 g/mol. The van der Waals surface area contributed by atoms with E-state index < -0.39 is 0 Å². The highest BCUT2D eigenvalue weighted by Crippen LogP contribution is 2.24. The van der Waals surface area contributed by atoms with Crippen LogP contribution in [0.3, 0.4) is 0 Å². The van der Waals surface area contributed by atoms with E-state index in [0.717, 1.165) is 36.6 Å². The Morgan fingerprint density at radius 3 is 3.10 bits per heavy atom. The van der Waals surface area contributed by atoms with Gasteiger partial charge in [-0.2, -0.15) is 0 Å². The lowest BCUT2D eigenvalue weighted by Crippen LogP contribution is -2.33. The summed E-state index contributed by atoms with van der Waals surface area (Å²) in [7, 11) is 0. The van der Waals surface area contributed by atoms with E-state index in [9.17, 15) is 9.90 Å². The van der Waals surface area contributed by atoms with Crippen molar-refractivity contribution in [1.82, 2.24) is 10.3 Å². The molecule has 0 bridgehead atoms. The van der Waals surface area contributed by atoms with Gasteiger partial charge in [0.2, 0.25) is 0 Å². The molecule has 1 saturated carbocycles. The molecule has 1 aromatic carbocycles. The van der Waals surface area contributed by atoms with Crippen molar-refractivity contribution in [2.45, 2.75) is 31.8 Å². The van der Waals surface area contributed by atoms with Crippen LogP contribution in [0.4, 0.5) is 0 Å². The van der Waals surface area contributed by atoms with E-state index >= 15 is 0 Å². The van der Waals surface area contributed by atoms with Gasteiger partial charge in [-0.3, -0.25) is 4.79 Å². The van der Waals surface area contributed by atoms with Crippen LogP contribution in [-0.4, -0.2) is 28.6 Å². The molecule has 4 heteroatoms. The molecule has 106 valence electrons. The van der Waals surface area contributed by atoms with Crippen LogP contribution < -0.4 is 5.32 Å². The minimum absolute atomic E-state index is 0.0322. The van der Waals surface area contributed by atoms with Crippen molar-refractivity contribution in [2.75, 3.05) is 6.54 Å². The van der Waals surface area contributed by atoms with E-state index in [1.54, 1.807) is 0 Å². The van der Waals surface area contributed by atoms with Gasteiger partial charge >= 0.3 is 0 Å². The van der Waals surface area contributed by atoms with Crippen LogP contribution >= 0.6 is 0 Å². The zero-order valence-corrected chi connectivity index (χ0v) is 11.4. The Morgan fingerprint density at radius 1 is 1.35 bits per heavy atom. The standard InChI is InChI=1S/C16H20N2O2/c19-12-4-1-3-11(9-12)10-18-16(20)14-5-2-6-15-13(14)7-8-17-15/h2,5-8,11-12,17,19H,1,3-4,9-10H2,(H,18,20). The number of aliphatic hydroxyl groups is 1. The van der Waals surface area contributed by atoms with Crippen LogP contribution in [0.5, 0.6) is 0 Å². The Morgan fingerprint density at radius 2 is 2.25 bits per heavy atom. The number of nitrogens with one attached hydrogen (secondary N) is 2. The highest BCUT2D eigenvalue weighted by Gasteiger charge is 2.21. The minimum Gasteiger partial charge on any atom is -0.393 e. The molecule has 3 N–H and O–H groups in total. The second kappa shape index (κ2) is 5.67. The summed E-state index contributed by atoms with van der Waals surface area (Å²) in [6.45, 7) is 0.650. The molecule has 1 aliphatic rings. The molecule has 2 aromatic rings. The molecule has 0 radical (unpaired) electrons. The summed E-state index contributed by atoms with van der Waals surface area (Å²) >= 11 is 0. The minimum atomic E-state index is -0.196. The number of carbonyl (C=O) groups excluding carboxylic acids is 1. The first-order valence-electron chi connectivity index (χ1n) is 7.26. The van der Waals surface area contributed by atoms with Gasteiger partial charge in [-0.05, 0) is 43.4 Å². The molecule has 0 aliphatic heterocycles.